The van der Waals surface area contributed by atoms with E-state index in [0.717, 1.165) is 32.1 Å². The molecule has 1 N–H and O–H groups in total. The molecule has 5 rings (SSSR count). The third-order valence-electron chi connectivity index (χ3n) is 8.83. The first-order valence-corrected chi connectivity index (χ1v) is 15.0. The van der Waals surface area contributed by atoms with Gasteiger partial charge in [0.15, 0.2) is 0 Å². The van der Waals surface area contributed by atoms with Crippen molar-refractivity contribution in [3.8, 4) is 0 Å². The summed E-state index contributed by atoms with van der Waals surface area (Å²) in [4.78, 5) is 45.9. The number of hydrogen-bond acceptors (Lipinski definition) is 6. The maximum absolute atomic E-state index is 14.5. The molecule has 5 atom stereocenters. The Kier molecular flexibility index (Phi) is 8.69. The second-order valence-electron chi connectivity index (χ2n) is 11.2. The van der Waals surface area contributed by atoms with E-state index in [1.807, 2.05) is 43.4 Å². The first kappa shape index (κ1) is 28.8. The lowest BCUT2D eigenvalue weighted by atomic mass is 9.73. The van der Waals surface area contributed by atoms with Crippen molar-refractivity contribution in [2.24, 2.45) is 11.8 Å². The minimum atomic E-state index is -1.33. The van der Waals surface area contributed by atoms with Gasteiger partial charge < -0.3 is 24.4 Å². The summed E-state index contributed by atoms with van der Waals surface area (Å²) in [5.41, 5.74) is -1.83. The Labute approximate surface area is 240 Å². The summed E-state index contributed by atoms with van der Waals surface area (Å²) < 4.78 is 12.7. The van der Waals surface area contributed by atoms with Crippen molar-refractivity contribution < 1.29 is 29.0 Å². The van der Waals surface area contributed by atoms with E-state index >= 15 is 0 Å². The first-order valence-electron chi connectivity index (χ1n) is 14.6. The fourth-order valence-electron chi connectivity index (χ4n) is 6.91. The van der Waals surface area contributed by atoms with Gasteiger partial charge in [-0.1, -0.05) is 67.8 Å². The molecule has 1 aromatic carbocycles. The zero-order valence-corrected chi connectivity index (χ0v) is 23.9. The number of benzene rings is 1. The average molecular weight is 571 g/mol. The largest absolute Gasteiger partial charge is 0.465 e. The highest BCUT2D eigenvalue weighted by molar-refractivity contribution is 6.34. The quantitative estimate of drug-likeness (QED) is 0.282. The van der Waals surface area contributed by atoms with Gasteiger partial charge in [0.2, 0.25) is 5.91 Å². The van der Waals surface area contributed by atoms with Crippen LogP contribution < -0.4 is 4.90 Å². The van der Waals surface area contributed by atoms with Crippen molar-refractivity contribution in [2.45, 2.75) is 75.5 Å². The Hall–Kier alpha value is -2.68. The molecule has 1 unspecified atom stereocenters. The Morgan fingerprint density at radius 2 is 1.80 bits per heavy atom. The molecule has 2 fully saturated rings. The molecular weight excluding hydrogens is 532 g/mol. The van der Waals surface area contributed by atoms with Gasteiger partial charge in [-0.2, -0.15) is 0 Å². The number of esters is 1. The topological polar surface area (TPSA) is 96.4 Å². The number of rotatable bonds is 8. The highest BCUT2D eigenvalue weighted by Gasteiger charge is 2.75. The van der Waals surface area contributed by atoms with Crippen LogP contribution in [0, 0.1) is 11.8 Å². The molecule has 2 saturated heterocycles. The number of aliphatic hydroxyl groups is 1. The summed E-state index contributed by atoms with van der Waals surface area (Å²) in [6, 6.07) is 6.21. The fraction of sp³-hybridized carbons (Fsp3) is 0.581. The number of fused-ring (bicyclic) bond motifs is 2. The summed E-state index contributed by atoms with van der Waals surface area (Å²) in [7, 11) is 0. The molecule has 216 valence electrons. The summed E-state index contributed by atoms with van der Waals surface area (Å²) in [5, 5.41) is 9.61. The van der Waals surface area contributed by atoms with Crippen molar-refractivity contribution in [3.63, 3.8) is 0 Å². The highest BCUT2D eigenvalue weighted by atomic mass is 35.5. The van der Waals surface area contributed by atoms with Crippen LogP contribution in [-0.4, -0.2) is 71.3 Å². The molecule has 4 heterocycles. The van der Waals surface area contributed by atoms with E-state index < -0.39 is 35.0 Å². The summed E-state index contributed by atoms with van der Waals surface area (Å²) in [6.45, 7) is 2.98. The molecule has 4 aliphatic rings. The van der Waals surface area contributed by atoms with Gasteiger partial charge in [-0.15, -0.1) is 0 Å². The van der Waals surface area contributed by atoms with E-state index in [-0.39, 0.29) is 25.0 Å². The highest BCUT2D eigenvalue weighted by Crippen LogP contribution is 2.58. The van der Waals surface area contributed by atoms with Gasteiger partial charge in [0.1, 0.15) is 23.2 Å². The maximum atomic E-state index is 14.5. The van der Waals surface area contributed by atoms with Gasteiger partial charge in [-0.25, -0.2) is 0 Å². The monoisotopic (exact) mass is 570 g/mol. The Bertz CT molecular complexity index is 1190. The molecule has 1 spiro atoms. The van der Waals surface area contributed by atoms with Crippen molar-refractivity contribution in [1.29, 1.82) is 0 Å². The van der Waals surface area contributed by atoms with Gasteiger partial charge in [0.25, 0.3) is 5.91 Å². The van der Waals surface area contributed by atoms with Crippen LogP contribution in [0.2, 0.25) is 5.02 Å². The van der Waals surface area contributed by atoms with Crippen LogP contribution in [0.4, 0.5) is 5.69 Å². The number of unbranched alkanes of at least 4 members (excludes halogenated alkanes) is 3. The second-order valence-corrected chi connectivity index (χ2v) is 11.6. The summed E-state index contributed by atoms with van der Waals surface area (Å²) >= 11 is 6.54. The number of cyclic esters (lactones) is 1. The molecule has 9 heteroatoms. The van der Waals surface area contributed by atoms with Gasteiger partial charge in [0.05, 0.1) is 23.2 Å². The average Bonchev–Trinajstić information content (AvgIpc) is 3.30. The zero-order chi connectivity index (χ0) is 28.3. The standard InChI is InChI=1S/C31H39ClN2O6/c1-2-30-16-9-3-6-12-21-39-29(38)25(30)24-27(36)34(18-10-4-5-11-20-35)26-28(37)33(19-13-17-31(24,26)40-30)23-15-8-7-14-22(23)32/h7-9,13-17,24-26,35H,2-6,10-12,18-21H2,1H3/b16-9-/t24-,25+,26?,30-,31-/m0/s1. The summed E-state index contributed by atoms with van der Waals surface area (Å²) in [6.07, 6.45) is 13.6. The number of allylic oxidation sites excluding steroid dienone is 1. The minimum absolute atomic E-state index is 0.122. The van der Waals surface area contributed by atoms with E-state index in [1.165, 1.54) is 0 Å². The third kappa shape index (κ3) is 4.88. The predicted molar refractivity (Wildman–Crippen MR) is 152 cm³/mol. The molecule has 1 aromatic rings. The molecule has 2 amide bonds. The van der Waals surface area contributed by atoms with Crippen LogP contribution in [0.3, 0.4) is 0 Å². The van der Waals surface area contributed by atoms with Crippen LogP contribution in [0.5, 0.6) is 0 Å². The van der Waals surface area contributed by atoms with Crippen molar-refractivity contribution in [3.05, 3.63) is 53.6 Å². The van der Waals surface area contributed by atoms with Crippen LogP contribution >= 0.6 is 11.6 Å². The Balaban J connectivity index is 1.60. The van der Waals surface area contributed by atoms with Crippen LogP contribution in [0.15, 0.2) is 48.6 Å². The molecule has 0 radical (unpaired) electrons. The van der Waals surface area contributed by atoms with E-state index in [1.54, 1.807) is 21.9 Å². The van der Waals surface area contributed by atoms with Gasteiger partial charge >= 0.3 is 5.97 Å². The third-order valence-corrected chi connectivity index (χ3v) is 9.15. The minimum Gasteiger partial charge on any atom is -0.465 e. The molecule has 40 heavy (non-hydrogen) atoms. The number of hydrogen-bond donors (Lipinski definition) is 1. The number of carbonyl (C=O) groups excluding carboxylic acids is 3. The van der Waals surface area contributed by atoms with Crippen LogP contribution in [-0.2, 0) is 23.9 Å². The lowest BCUT2D eigenvalue weighted by molar-refractivity contribution is -0.160. The zero-order valence-electron chi connectivity index (χ0n) is 23.1. The Morgan fingerprint density at radius 1 is 1.00 bits per heavy atom. The van der Waals surface area contributed by atoms with E-state index in [0.29, 0.717) is 43.1 Å². The number of amides is 2. The number of carbonyl (C=O) groups is 3. The van der Waals surface area contributed by atoms with Crippen molar-refractivity contribution >= 4 is 35.1 Å². The van der Waals surface area contributed by atoms with E-state index in [9.17, 15) is 19.5 Å². The predicted octanol–water partition coefficient (Wildman–Crippen LogP) is 4.44. The molecule has 0 aliphatic carbocycles. The number of para-hydroxylation sites is 1. The second kappa shape index (κ2) is 12.0. The molecule has 8 nitrogen and oxygen atoms in total. The maximum Gasteiger partial charge on any atom is 0.313 e. The van der Waals surface area contributed by atoms with E-state index in [4.69, 9.17) is 21.1 Å². The lowest BCUT2D eigenvalue weighted by Gasteiger charge is -2.38. The van der Waals surface area contributed by atoms with Gasteiger partial charge in [-0.05, 0) is 50.7 Å². The van der Waals surface area contributed by atoms with Crippen molar-refractivity contribution in [1.82, 2.24) is 4.90 Å². The molecular formula is C31H39ClN2O6. The normalized spacial score (nSPS) is 32.8. The lowest BCUT2D eigenvalue weighted by Crippen LogP contribution is -2.56. The molecule has 0 bridgehead atoms. The molecule has 0 saturated carbocycles. The van der Waals surface area contributed by atoms with E-state index in [2.05, 4.69) is 0 Å². The van der Waals surface area contributed by atoms with Gasteiger partial charge in [-0.3, -0.25) is 14.4 Å². The smallest absolute Gasteiger partial charge is 0.313 e. The first-order chi connectivity index (χ1) is 19.4. The van der Waals surface area contributed by atoms with Crippen molar-refractivity contribution in [2.75, 3.05) is 31.2 Å². The number of ether oxygens (including phenoxy) is 2. The fourth-order valence-corrected chi connectivity index (χ4v) is 7.15. The number of likely N-dealkylation sites (tertiary alicyclic amines) is 1. The van der Waals surface area contributed by atoms with Crippen LogP contribution in [0.1, 0.15) is 58.3 Å². The molecule has 4 aliphatic heterocycles. The summed E-state index contributed by atoms with van der Waals surface area (Å²) in [5.74, 6) is -2.74. The SMILES string of the molecule is CC[C@]12/C=C\CCCCOC(=O)[C@H]1[C@H]1C(=O)N(CCCCCCO)C3C(=O)N(c4ccccc4Cl)CC=C[C@@]31O2. The number of halogens is 1. The van der Waals surface area contributed by atoms with Gasteiger partial charge in [0, 0.05) is 19.7 Å². The Morgan fingerprint density at radius 3 is 2.58 bits per heavy atom. The van der Waals surface area contributed by atoms with Crippen LogP contribution in [0.25, 0.3) is 0 Å². The number of anilines is 1. The number of aliphatic hydroxyl groups excluding tert-OH is 1. The molecule has 0 aromatic heterocycles. The number of nitrogens with zero attached hydrogens (tertiary/aromatic N) is 2.